The van der Waals surface area contributed by atoms with Gasteiger partial charge in [0.2, 0.25) is 5.91 Å². The molecule has 1 N–H and O–H groups in total. The molecule has 0 spiro atoms. The summed E-state index contributed by atoms with van der Waals surface area (Å²) in [4.78, 5) is 11.3. The number of amides is 1. The third-order valence-corrected chi connectivity index (χ3v) is 2.38. The number of carbonyl (C=O) groups is 1. The Labute approximate surface area is 121 Å². The lowest BCUT2D eigenvalue weighted by molar-refractivity contribution is -0.175. The topological polar surface area (TPSA) is 47.6 Å². The number of ether oxygens (including phenoxy) is 2. The van der Waals surface area contributed by atoms with Crippen LogP contribution in [0.3, 0.4) is 0 Å². The van der Waals surface area contributed by atoms with Crippen LogP contribution < -0.4 is 10.1 Å². The molecular weight excluding hydrogens is 287 g/mol. The van der Waals surface area contributed by atoms with Gasteiger partial charge in [0.1, 0.15) is 19.0 Å². The summed E-state index contributed by atoms with van der Waals surface area (Å²) in [5.41, 5.74) is 0.822. The molecule has 0 saturated carbocycles. The molecule has 1 aromatic carbocycles. The van der Waals surface area contributed by atoms with E-state index in [0.717, 1.165) is 17.7 Å². The summed E-state index contributed by atoms with van der Waals surface area (Å²) in [6.07, 6.45) is -3.51. The van der Waals surface area contributed by atoms with Gasteiger partial charge in [0, 0.05) is 6.54 Å². The molecule has 1 aromatic rings. The van der Waals surface area contributed by atoms with Gasteiger partial charge in [-0.05, 0) is 24.1 Å². The normalized spacial score (nSPS) is 11.2. The van der Waals surface area contributed by atoms with Crippen molar-refractivity contribution in [2.45, 2.75) is 26.1 Å². The number of hydrogen-bond acceptors (Lipinski definition) is 3. The maximum absolute atomic E-state index is 11.8. The number of carbonyl (C=O) groups excluding carboxylic acids is 1. The van der Waals surface area contributed by atoms with E-state index in [-0.39, 0.29) is 6.54 Å². The average molecular weight is 305 g/mol. The monoisotopic (exact) mass is 305 g/mol. The molecule has 0 unspecified atom stereocenters. The van der Waals surface area contributed by atoms with E-state index in [0.29, 0.717) is 6.61 Å². The van der Waals surface area contributed by atoms with E-state index in [1.807, 2.05) is 6.92 Å². The SMILES string of the molecule is CCCOc1ccc(CNC(=O)COCC(F)(F)F)cc1. The molecule has 4 nitrogen and oxygen atoms in total. The fraction of sp³-hybridized carbons (Fsp3) is 0.500. The van der Waals surface area contributed by atoms with Crippen molar-refractivity contribution in [2.24, 2.45) is 0 Å². The first-order valence-corrected chi connectivity index (χ1v) is 6.53. The summed E-state index contributed by atoms with van der Waals surface area (Å²) in [5.74, 6) is 0.144. The minimum atomic E-state index is -4.42. The third kappa shape index (κ3) is 8.19. The molecule has 0 radical (unpaired) electrons. The second-order valence-corrected chi connectivity index (χ2v) is 4.38. The molecular formula is C14H18F3NO3. The van der Waals surface area contributed by atoms with E-state index in [4.69, 9.17) is 4.74 Å². The lowest BCUT2D eigenvalue weighted by Gasteiger charge is -2.09. The van der Waals surface area contributed by atoms with E-state index in [2.05, 4.69) is 10.1 Å². The molecule has 118 valence electrons. The number of benzene rings is 1. The number of rotatable bonds is 8. The molecule has 21 heavy (non-hydrogen) atoms. The molecule has 0 bridgehead atoms. The molecule has 0 aliphatic carbocycles. The van der Waals surface area contributed by atoms with E-state index < -0.39 is 25.3 Å². The Morgan fingerprint density at radius 2 is 1.90 bits per heavy atom. The molecule has 1 amide bonds. The standard InChI is InChI=1S/C14H18F3NO3/c1-2-7-21-12-5-3-11(4-6-12)8-18-13(19)9-20-10-14(15,16)17/h3-6H,2,7-10H2,1H3,(H,18,19). The Morgan fingerprint density at radius 3 is 2.48 bits per heavy atom. The number of nitrogens with one attached hydrogen (secondary N) is 1. The lowest BCUT2D eigenvalue weighted by atomic mass is 10.2. The highest BCUT2D eigenvalue weighted by atomic mass is 19.4. The van der Waals surface area contributed by atoms with E-state index in [9.17, 15) is 18.0 Å². The number of hydrogen-bond donors (Lipinski definition) is 1. The molecule has 0 heterocycles. The van der Waals surface area contributed by atoms with Crippen LogP contribution in [-0.4, -0.2) is 31.9 Å². The Hall–Kier alpha value is -1.76. The van der Waals surface area contributed by atoms with E-state index in [1.165, 1.54) is 0 Å². The number of alkyl halides is 3. The minimum absolute atomic E-state index is 0.224. The molecule has 0 atom stereocenters. The van der Waals surface area contributed by atoms with Crippen molar-refractivity contribution in [1.29, 1.82) is 0 Å². The second kappa shape index (κ2) is 8.51. The van der Waals surface area contributed by atoms with Crippen LogP contribution in [0, 0.1) is 0 Å². The Balaban J connectivity index is 2.26. The van der Waals surface area contributed by atoms with Gasteiger partial charge in [0.05, 0.1) is 6.61 Å². The maximum Gasteiger partial charge on any atom is 0.411 e. The van der Waals surface area contributed by atoms with Crippen LogP contribution >= 0.6 is 0 Å². The van der Waals surface area contributed by atoms with Crippen LogP contribution in [0.5, 0.6) is 5.75 Å². The van der Waals surface area contributed by atoms with Gasteiger partial charge in [-0.15, -0.1) is 0 Å². The zero-order chi connectivity index (χ0) is 15.7. The van der Waals surface area contributed by atoms with Crippen LogP contribution in [0.15, 0.2) is 24.3 Å². The molecule has 0 fully saturated rings. The minimum Gasteiger partial charge on any atom is -0.494 e. The van der Waals surface area contributed by atoms with Crippen molar-refractivity contribution in [1.82, 2.24) is 5.32 Å². The predicted molar refractivity (Wildman–Crippen MR) is 70.9 cm³/mol. The van der Waals surface area contributed by atoms with Crippen molar-refractivity contribution in [3.8, 4) is 5.75 Å². The van der Waals surface area contributed by atoms with Crippen molar-refractivity contribution < 1.29 is 27.4 Å². The molecule has 0 aromatic heterocycles. The zero-order valence-corrected chi connectivity index (χ0v) is 11.7. The molecule has 0 saturated heterocycles. The van der Waals surface area contributed by atoms with E-state index >= 15 is 0 Å². The van der Waals surface area contributed by atoms with Gasteiger partial charge in [-0.25, -0.2) is 0 Å². The quantitative estimate of drug-likeness (QED) is 0.803. The highest BCUT2D eigenvalue weighted by Gasteiger charge is 2.27. The van der Waals surface area contributed by atoms with Crippen LogP contribution in [0.4, 0.5) is 13.2 Å². The van der Waals surface area contributed by atoms with Gasteiger partial charge in [0.15, 0.2) is 0 Å². The Bertz CT molecular complexity index is 432. The second-order valence-electron chi connectivity index (χ2n) is 4.38. The Morgan fingerprint density at radius 1 is 1.24 bits per heavy atom. The summed E-state index contributed by atoms with van der Waals surface area (Å²) in [5, 5.41) is 2.48. The molecule has 7 heteroatoms. The van der Waals surface area contributed by atoms with Crippen LogP contribution in [0.2, 0.25) is 0 Å². The van der Waals surface area contributed by atoms with Gasteiger partial charge >= 0.3 is 6.18 Å². The van der Waals surface area contributed by atoms with Crippen molar-refractivity contribution >= 4 is 5.91 Å². The molecule has 1 rings (SSSR count). The first kappa shape index (κ1) is 17.3. The first-order valence-electron chi connectivity index (χ1n) is 6.53. The third-order valence-electron chi connectivity index (χ3n) is 2.38. The molecule has 0 aliphatic heterocycles. The van der Waals surface area contributed by atoms with Gasteiger partial charge in [0.25, 0.3) is 0 Å². The highest BCUT2D eigenvalue weighted by Crippen LogP contribution is 2.14. The number of halogens is 3. The van der Waals surface area contributed by atoms with Crippen molar-refractivity contribution in [2.75, 3.05) is 19.8 Å². The fourth-order valence-corrected chi connectivity index (χ4v) is 1.43. The van der Waals surface area contributed by atoms with Crippen LogP contribution in [0.25, 0.3) is 0 Å². The molecule has 0 aliphatic rings. The summed E-state index contributed by atoms with van der Waals surface area (Å²) in [6, 6.07) is 7.11. The van der Waals surface area contributed by atoms with Gasteiger partial charge < -0.3 is 14.8 Å². The zero-order valence-electron chi connectivity index (χ0n) is 11.7. The average Bonchev–Trinajstić information content (AvgIpc) is 2.42. The summed E-state index contributed by atoms with van der Waals surface area (Å²) in [7, 11) is 0. The largest absolute Gasteiger partial charge is 0.494 e. The van der Waals surface area contributed by atoms with Crippen molar-refractivity contribution in [3.05, 3.63) is 29.8 Å². The summed E-state index contributed by atoms with van der Waals surface area (Å²) in [6.45, 7) is 0.820. The first-order chi connectivity index (χ1) is 9.90. The summed E-state index contributed by atoms with van der Waals surface area (Å²) >= 11 is 0. The fourth-order valence-electron chi connectivity index (χ4n) is 1.43. The highest BCUT2D eigenvalue weighted by molar-refractivity contribution is 5.77. The maximum atomic E-state index is 11.8. The lowest BCUT2D eigenvalue weighted by Crippen LogP contribution is -2.29. The summed E-state index contributed by atoms with van der Waals surface area (Å²) < 4.78 is 45.1. The smallest absolute Gasteiger partial charge is 0.411 e. The van der Waals surface area contributed by atoms with Crippen LogP contribution in [0.1, 0.15) is 18.9 Å². The van der Waals surface area contributed by atoms with E-state index in [1.54, 1.807) is 24.3 Å². The van der Waals surface area contributed by atoms with Gasteiger partial charge in [-0.2, -0.15) is 13.2 Å². The van der Waals surface area contributed by atoms with Crippen molar-refractivity contribution in [3.63, 3.8) is 0 Å². The van der Waals surface area contributed by atoms with Crippen LogP contribution in [-0.2, 0) is 16.1 Å². The van der Waals surface area contributed by atoms with Gasteiger partial charge in [-0.1, -0.05) is 19.1 Å². The predicted octanol–water partition coefficient (Wildman–Crippen LogP) is 2.67. The Kier molecular flexibility index (Phi) is 7.01. The van der Waals surface area contributed by atoms with Gasteiger partial charge in [-0.3, -0.25) is 4.79 Å².